The summed E-state index contributed by atoms with van der Waals surface area (Å²) in [5, 5.41) is 4.62. The van der Waals surface area contributed by atoms with Gasteiger partial charge < -0.3 is 4.57 Å². The van der Waals surface area contributed by atoms with Gasteiger partial charge in [0.05, 0.1) is 4.88 Å². The van der Waals surface area contributed by atoms with Gasteiger partial charge in [-0.1, -0.05) is 42.5 Å². The van der Waals surface area contributed by atoms with Crippen LogP contribution in [0.1, 0.15) is 16.1 Å². The highest BCUT2D eigenvalue weighted by Gasteiger charge is 2.11. The molecule has 0 bridgehead atoms. The molecule has 0 spiro atoms. The van der Waals surface area contributed by atoms with Gasteiger partial charge in [0.15, 0.2) is 0 Å². The molecule has 0 atom stereocenters. The average Bonchev–Trinajstić information content (AvgIpc) is 3.36. The number of amides is 1. The minimum absolute atomic E-state index is 0.322. The van der Waals surface area contributed by atoms with Crippen LogP contribution in [0.5, 0.6) is 0 Å². The molecule has 128 valence electrons. The largest absolute Gasteiger partial charge is 0.328 e. The summed E-state index contributed by atoms with van der Waals surface area (Å²) >= 11 is 3.08. The first kappa shape index (κ1) is 16.6. The van der Waals surface area contributed by atoms with Gasteiger partial charge in [-0.05, 0) is 29.1 Å². The van der Waals surface area contributed by atoms with Crippen LogP contribution in [0.15, 0.2) is 82.6 Å². The van der Waals surface area contributed by atoms with Crippen molar-refractivity contribution in [2.75, 3.05) is 0 Å². The summed E-state index contributed by atoms with van der Waals surface area (Å²) in [7, 11) is 0. The third-order valence-electron chi connectivity index (χ3n) is 3.78. The first-order valence-electron chi connectivity index (χ1n) is 8.07. The van der Waals surface area contributed by atoms with Crippen LogP contribution in [0.3, 0.4) is 0 Å². The van der Waals surface area contributed by atoms with Gasteiger partial charge in [0, 0.05) is 18.1 Å². The highest BCUT2D eigenvalue weighted by molar-refractivity contribution is 7.20. The Hall–Kier alpha value is -2.83. The third-order valence-corrected chi connectivity index (χ3v) is 5.67. The Morgan fingerprint density at radius 3 is 2.65 bits per heavy atom. The van der Waals surface area contributed by atoms with Crippen molar-refractivity contribution in [1.29, 1.82) is 0 Å². The number of thiazole rings is 1. The number of nitrogens with zero attached hydrogens (tertiary/aromatic N) is 3. The van der Waals surface area contributed by atoms with Crippen LogP contribution in [0.2, 0.25) is 0 Å². The summed E-state index contributed by atoms with van der Waals surface area (Å²) in [6, 6.07) is 19.7. The van der Waals surface area contributed by atoms with E-state index in [-0.39, 0.29) is 5.91 Å². The summed E-state index contributed by atoms with van der Waals surface area (Å²) in [6.07, 6.45) is 1.93. The van der Waals surface area contributed by atoms with E-state index in [0.717, 1.165) is 15.4 Å². The molecule has 0 N–H and O–H groups in total. The second kappa shape index (κ2) is 7.59. The molecule has 3 heterocycles. The maximum atomic E-state index is 12.6. The third kappa shape index (κ3) is 3.71. The van der Waals surface area contributed by atoms with Gasteiger partial charge >= 0.3 is 0 Å². The molecule has 4 aromatic rings. The van der Waals surface area contributed by atoms with Crippen molar-refractivity contribution < 1.29 is 4.79 Å². The molecule has 0 unspecified atom stereocenters. The molecule has 4 nitrogen and oxygen atoms in total. The lowest BCUT2D eigenvalue weighted by molar-refractivity contribution is 0.0993. The molecule has 0 aliphatic rings. The van der Waals surface area contributed by atoms with Gasteiger partial charge in [0.25, 0.3) is 5.91 Å². The molecule has 1 aromatic carbocycles. The van der Waals surface area contributed by atoms with Gasteiger partial charge in [-0.3, -0.25) is 4.79 Å². The first-order chi connectivity index (χ1) is 12.8. The number of hydrogen-bond acceptors (Lipinski definition) is 4. The predicted molar refractivity (Wildman–Crippen MR) is 105 cm³/mol. The van der Waals surface area contributed by atoms with Crippen LogP contribution in [0.4, 0.5) is 0 Å². The van der Waals surface area contributed by atoms with Gasteiger partial charge in [0.1, 0.15) is 16.2 Å². The molecule has 0 aliphatic carbocycles. The Kier molecular flexibility index (Phi) is 4.86. The molecule has 26 heavy (non-hydrogen) atoms. The number of pyridine rings is 1. The monoisotopic (exact) mass is 377 g/mol. The van der Waals surface area contributed by atoms with E-state index in [0.29, 0.717) is 17.7 Å². The van der Waals surface area contributed by atoms with Gasteiger partial charge in [-0.2, -0.15) is 4.99 Å². The number of thiophene rings is 1. The van der Waals surface area contributed by atoms with Crippen LogP contribution in [0, 0.1) is 0 Å². The maximum absolute atomic E-state index is 12.6. The number of hydrogen-bond donors (Lipinski definition) is 0. The fourth-order valence-electron chi connectivity index (χ4n) is 2.53. The Bertz CT molecular complexity index is 1080. The van der Waals surface area contributed by atoms with Crippen molar-refractivity contribution in [1.82, 2.24) is 9.55 Å². The molecule has 0 radical (unpaired) electrons. The SMILES string of the molecule is O=C(N=c1ccccn1Cc1ccccc1)c1csc(-c2cccs2)n1. The van der Waals surface area contributed by atoms with Crippen molar-refractivity contribution >= 4 is 28.6 Å². The zero-order valence-electron chi connectivity index (χ0n) is 13.8. The van der Waals surface area contributed by atoms with Crippen molar-refractivity contribution in [3.8, 4) is 9.88 Å². The summed E-state index contributed by atoms with van der Waals surface area (Å²) in [4.78, 5) is 22.4. The van der Waals surface area contributed by atoms with Crippen LogP contribution < -0.4 is 5.49 Å². The topological polar surface area (TPSA) is 47.2 Å². The number of benzene rings is 1. The van der Waals surface area contributed by atoms with Crippen LogP contribution in [-0.2, 0) is 6.54 Å². The molecule has 0 saturated heterocycles. The van der Waals surface area contributed by atoms with E-state index in [4.69, 9.17) is 0 Å². The van der Waals surface area contributed by atoms with Crippen molar-refractivity contribution in [3.05, 3.63) is 94.4 Å². The quantitative estimate of drug-likeness (QED) is 0.527. The molecule has 1 amide bonds. The molecule has 0 fully saturated rings. The molecule has 3 aromatic heterocycles. The Labute approximate surface area is 158 Å². The highest BCUT2D eigenvalue weighted by atomic mass is 32.1. The summed E-state index contributed by atoms with van der Waals surface area (Å²) in [5.41, 5.74) is 2.15. The minimum Gasteiger partial charge on any atom is -0.328 e. The van der Waals surface area contributed by atoms with E-state index in [2.05, 4.69) is 22.1 Å². The normalized spacial score (nSPS) is 11.6. The maximum Gasteiger partial charge on any atom is 0.298 e. The zero-order chi connectivity index (χ0) is 17.8. The highest BCUT2D eigenvalue weighted by Crippen LogP contribution is 2.27. The van der Waals surface area contributed by atoms with E-state index < -0.39 is 0 Å². The number of aromatic nitrogens is 2. The zero-order valence-corrected chi connectivity index (χ0v) is 15.4. The summed E-state index contributed by atoms with van der Waals surface area (Å²) in [6.45, 7) is 0.658. The van der Waals surface area contributed by atoms with Crippen molar-refractivity contribution in [2.45, 2.75) is 6.54 Å². The van der Waals surface area contributed by atoms with E-state index in [1.807, 2.05) is 64.7 Å². The molecule has 0 saturated carbocycles. The number of rotatable bonds is 4. The molecule has 6 heteroatoms. The number of carbonyl (C=O) groups excluding carboxylic acids is 1. The van der Waals surface area contributed by atoms with Gasteiger partial charge in [-0.25, -0.2) is 4.98 Å². The Morgan fingerprint density at radius 1 is 1.00 bits per heavy atom. The van der Waals surface area contributed by atoms with E-state index in [1.165, 1.54) is 11.3 Å². The molecule has 0 aliphatic heterocycles. The average molecular weight is 377 g/mol. The molecule has 4 rings (SSSR count). The lowest BCUT2D eigenvalue weighted by Gasteiger charge is -2.07. The Morgan fingerprint density at radius 2 is 1.85 bits per heavy atom. The fraction of sp³-hybridized carbons (Fsp3) is 0.0500. The summed E-state index contributed by atoms with van der Waals surface area (Å²) in [5.74, 6) is -0.322. The summed E-state index contributed by atoms with van der Waals surface area (Å²) < 4.78 is 1.96. The second-order valence-corrected chi connectivity index (χ2v) is 7.41. The van der Waals surface area contributed by atoms with Crippen LogP contribution in [0.25, 0.3) is 9.88 Å². The van der Waals surface area contributed by atoms with E-state index >= 15 is 0 Å². The van der Waals surface area contributed by atoms with E-state index in [9.17, 15) is 4.79 Å². The van der Waals surface area contributed by atoms with Gasteiger partial charge in [0.2, 0.25) is 0 Å². The van der Waals surface area contributed by atoms with E-state index in [1.54, 1.807) is 16.7 Å². The lowest BCUT2D eigenvalue weighted by atomic mass is 10.2. The fourth-order valence-corrected chi connectivity index (χ4v) is 4.14. The standard InChI is InChI=1S/C20H15N3OS2/c24-19(16-14-26-20(21-16)17-9-6-12-25-17)22-18-10-4-5-11-23(18)13-15-7-2-1-3-8-15/h1-12,14H,13H2. The van der Waals surface area contributed by atoms with Crippen molar-refractivity contribution in [2.24, 2.45) is 4.99 Å². The van der Waals surface area contributed by atoms with Crippen LogP contribution in [-0.4, -0.2) is 15.5 Å². The van der Waals surface area contributed by atoms with Crippen molar-refractivity contribution in [3.63, 3.8) is 0 Å². The number of carbonyl (C=O) groups is 1. The smallest absolute Gasteiger partial charge is 0.298 e. The molecular weight excluding hydrogens is 362 g/mol. The lowest BCUT2D eigenvalue weighted by Crippen LogP contribution is -2.22. The first-order valence-corrected chi connectivity index (χ1v) is 9.83. The molecular formula is C20H15N3OS2. The van der Waals surface area contributed by atoms with Gasteiger partial charge in [-0.15, -0.1) is 22.7 Å². The minimum atomic E-state index is -0.322. The Balaban J connectivity index is 1.63. The van der Waals surface area contributed by atoms with Crippen LogP contribution >= 0.6 is 22.7 Å². The predicted octanol–water partition coefficient (Wildman–Crippen LogP) is 4.46. The second-order valence-electron chi connectivity index (χ2n) is 5.60.